The number of carbonyl (C=O) groups excluding carboxylic acids is 1. The molecule has 0 aliphatic carbocycles. The lowest BCUT2D eigenvalue weighted by Gasteiger charge is -2.28. The maximum absolute atomic E-state index is 11.6. The van der Waals surface area contributed by atoms with Crippen molar-refractivity contribution in [2.24, 2.45) is 0 Å². The minimum atomic E-state index is -0.354. The molecule has 0 amide bonds. The summed E-state index contributed by atoms with van der Waals surface area (Å²) in [7, 11) is 1.78. The standard InChI is InChI=1S/C12H18N2O2.ClH/c1-4-16-12(15)10(2)14(13-3)11-8-6-5-7-9-11;/h5-10,13H,4H2,1-3H3;1H. The third kappa shape index (κ3) is 4.24. The average molecular weight is 259 g/mol. The van der Waals surface area contributed by atoms with Gasteiger partial charge in [0.05, 0.1) is 12.3 Å². The maximum atomic E-state index is 11.6. The van der Waals surface area contributed by atoms with E-state index in [1.807, 2.05) is 37.3 Å². The maximum Gasteiger partial charge on any atom is 0.330 e. The number of esters is 1. The van der Waals surface area contributed by atoms with Crippen LogP contribution in [-0.4, -0.2) is 25.7 Å². The minimum Gasteiger partial charge on any atom is -0.464 e. The Morgan fingerprint density at radius 3 is 2.47 bits per heavy atom. The predicted octanol–water partition coefficient (Wildman–Crippen LogP) is 2.00. The van der Waals surface area contributed by atoms with Gasteiger partial charge in [0.1, 0.15) is 6.04 Å². The zero-order chi connectivity index (χ0) is 12.0. The molecule has 1 aromatic rings. The molecule has 0 bridgehead atoms. The highest BCUT2D eigenvalue weighted by Crippen LogP contribution is 2.14. The highest BCUT2D eigenvalue weighted by atomic mass is 35.5. The van der Waals surface area contributed by atoms with Crippen molar-refractivity contribution < 1.29 is 9.53 Å². The number of nitrogens with zero attached hydrogens (tertiary/aromatic N) is 1. The van der Waals surface area contributed by atoms with Crippen molar-refractivity contribution >= 4 is 24.1 Å². The fraction of sp³-hybridized carbons (Fsp3) is 0.417. The van der Waals surface area contributed by atoms with E-state index in [1.165, 1.54) is 0 Å². The second kappa shape index (κ2) is 7.92. The highest BCUT2D eigenvalue weighted by Gasteiger charge is 2.21. The summed E-state index contributed by atoms with van der Waals surface area (Å²) in [5.41, 5.74) is 3.93. The van der Waals surface area contributed by atoms with Gasteiger partial charge in [0.2, 0.25) is 0 Å². The summed E-state index contributed by atoms with van der Waals surface area (Å²) in [6, 6.07) is 9.31. The Kier molecular flexibility index (Phi) is 7.34. The Morgan fingerprint density at radius 1 is 1.41 bits per heavy atom. The Labute approximate surface area is 108 Å². The van der Waals surface area contributed by atoms with Crippen LogP contribution in [-0.2, 0) is 9.53 Å². The zero-order valence-electron chi connectivity index (χ0n) is 10.3. The summed E-state index contributed by atoms with van der Waals surface area (Å²) in [5, 5.41) is 1.78. The Bertz CT molecular complexity index is 333. The van der Waals surface area contributed by atoms with Crippen LogP contribution >= 0.6 is 12.4 Å². The van der Waals surface area contributed by atoms with E-state index >= 15 is 0 Å². The molecular weight excluding hydrogens is 240 g/mol. The summed E-state index contributed by atoms with van der Waals surface area (Å²) < 4.78 is 4.99. The molecule has 1 aromatic carbocycles. The van der Waals surface area contributed by atoms with E-state index in [9.17, 15) is 4.79 Å². The van der Waals surface area contributed by atoms with Crippen molar-refractivity contribution in [2.75, 3.05) is 18.7 Å². The van der Waals surface area contributed by atoms with Crippen LogP contribution in [0.15, 0.2) is 30.3 Å². The number of anilines is 1. The van der Waals surface area contributed by atoms with Gasteiger partial charge in [-0.1, -0.05) is 18.2 Å². The van der Waals surface area contributed by atoms with Crippen molar-refractivity contribution in [2.45, 2.75) is 19.9 Å². The van der Waals surface area contributed by atoms with E-state index in [0.717, 1.165) is 5.69 Å². The van der Waals surface area contributed by atoms with Gasteiger partial charge < -0.3 is 4.74 Å². The Balaban J connectivity index is 0.00000256. The lowest BCUT2D eigenvalue weighted by molar-refractivity contribution is -0.144. The number of ether oxygens (including phenoxy) is 1. The number of benzene rings is 1. The van der Waals surface area contributed by atoms with Gasteiger partial charge in [-0.25, -0.2) is 10.2 Å². The van der Waals surface area contributed by atoms with E-state index in [0.29, 0.717) is 6.61 Å². The number of para-hydroxylation sites is 1. The van der Waals surface area contributed by atoms with E-state index in [4.69, 9.17) is 4.74 Å². The van der Waals surface area contributed by atoms with Gasteiger partial charge in [0, 0.05) is 7.05 Å². The summed E-state index contributed by atoms with van der Waals surface area (Å²) in [6.07, 6.45) is 0. The molecule has 0 aliphatic heterocycles. The fourth-order valence-electron chi connectivity index (χ4n) is 1.50. The molecule has 0 saturated heterocycles. The van der Waals surface area contributed by atoms with Crippen molar-refractivity contribution in [1.29, 1.82) is 0 Å². The van der Waals surface area contributed by atoms with Crippen LogP contribution in [0.1, 0.15) is 13.8 Å². The van der Waals surface area contributed by atoms with Crippen LogP contribution in [0.5, 0.6) is 0 Å². The van der Waals surface area contributed by atoms with Gasteiger partial charge in [-0.15, -0.1) is 12.4 Å². The molecule has 1 N–H and O–H groups in total. The number of rotatable bonds is 5. The highest BCUT2D eigenvalue weighted by molar-refractivity contribution is 5.85. The molecule has 96 valence electrons. The molecule has 0 spiro atoms. The van der Waals surface area contributed by atoms with Gasteiger partial charge in [-0.3, -0.25) is 5.01 Å². The predicted molar refractivity (Wildman–Crippen MR) is 71.3 cm³/mol. The van der Waals surface area contributed by atoms with Crippen LogP contribution in [0.3, 0.4) is 0 Å². The molecule has 0 radical (unpaired) electrons. The van der Waals surface area contributed by atoms with Gasteiger partial charge >= 0.3 is 5.97 Å². The monoisotopic (exact) mass is 258 g/mol. The summed E-state index contributed by atoms with van der Waals surface area (Å²) in [6.45, 7) is 4.01. The lowest BCUT2D eigenvalue weighted by Crippen LogP contribution is -2.47. The number of halogens is 1. The number of hydrogen-bond donors (Lipinski definition) is 1. The average Bonchev–Trinajstić information content (AvgIpc) is 2.31. The molecule has 4 nitrogen and oxygen atoms in total. The molecular formula is C12H19ClN2O2. The SMILES string of the molecule is CCOC(=O)C(C)N(NC)c1ccccc1.Cl. The third-order valence-electron chi connectivity index (χ3n) is 2.29. The topological polar surface area (TPSA) is 41.6 Å². The normalized spacial score (nSPS) is 11.2. The van der Waals surface area contributed by atoms with Crippen LogP contribution in [0, 0.1) is 0 Å². The first-order valence-electron chi connectivity index (χ1n) is 5.39. The van der Waals surface area contributed by atoms with E-state index in [2.05, 4.69) is 5.43 Å². The second-order valence-electron chi connectivity index (χ2n) is 3.36. The quantitative estimate of drug-likeness (QED) is 0.648. The molecule has 17 heavy (non-hydrogen) atoms. The number of carbonyl (C=O) groups is 1. The zero-order valence-corrected chi connectivity index (χ0v) is 11.2. The summed E-state index contributed by atoms with van der Waals surface area (Å²) >= 11 is 0. The largest absolute Gasteiger partial charge is 0.464 e. The van der Waals surface area contributed by atoms with Gasteiger partial charge in [-0.2, -0.15) is 0 Å². The Hall–Kier alpha value is -1.26. The lowest BCUT2D eigenvalue weighted by atomic mass is 10.2. The van der Waals surface area contributed by atoms with Crippen LogP contribution < -0.4 is 10.4 Å². The minimum absolute atomic E-state index is 0. The van der Waals surface area contributed by atoms with E-state index in [-0.39, 0.29) is 24.4 Å². The summed E-state index contributed by atoms with van der Waals surface area (Å²) in [4.78, 5) is 11.6. The molecule has 0 aromatic heterocycles. The van der Waals surface area contributed by atoms with Crippen molar-refractivity contribution in [3.8, 4) is 0 Å². The smallest absolute Gasteiger partial charge is 0.330 e. The Morgan fingerprint density at radius 2 is 2.00 bits per heavy atom. The number of hydrazine groups is 1. The molecule has 1 unspecified atom stereocenters. The molecule has 0 heterocycles. The first-order valence-corrected chi connectivity index (χ1v) is 5.39. The first kappa shape index (κ1) is 15.7. The van der Waals surface area contributed by atoms with Crippen molar-refractivity contribution in [3.63, 3.8) is 0 Å². The first-order chi connectivity index (χ1) is 7.70. The number of nitrogens with one attached hydrogen (secondary N) is 1. The third-order valence-corrected chi connectivity index (χ3v) is 2.29. The van der Waals surface area contributed by atoms with Crippen molar-refractivity contribution in [3.05, 3.63) is 30.3 Å². The fourth-order valence-corrected chi connectivity index (χ4v) is 1.50. The van der Waals surface area contributed by atoms with Gasteiger partial charge in [0.25, 0.3) is 0 Å². The molecule has 5 heteroatoms. The van der Waals surface area contributed by atoms with Gasteiger partial charge in [-0.05, 0) is 26.0 Å². The van der Waals surface area contributed by atoms with Crippen LogP contribution in [0.2, 0.25) is 0 Å². The van der Waals surface area contributed by atoms with Crippen LogP contribution in [0.25, 0.3) is 0 Å². The summed E-state index contributed by atoms with van der Waals surface area (Å²) in [5.74, 6) is -0.235. The van der Waals surface area contributed by atoms with Crippen molar-refractivity contribution in [1.82, 2.24) is 5.43 Å². The van der Waals surface area contributed by atoms with Crippen LogP contribution in [0.4, 0.5) is 5.69 Å². The molecule has 0 aliphatic rings. The molecule has 1 rings (SSSR count). The molecule has 0 saturated carbocycles. The van der Waals surface area contributed by atoms with Gasteiger partial charge in [0.15, 0.2) is 0 Å². The molecule has 1 atom stereocenters. The second-order valence-corrected chi connectivity index (χ2v) is 3.36. The molecule has 0 fully saturated rings. The van der Waals surface area contributed by atoms with E-state index < -0.39 is 0 Å². The van der Waals surface area contributed by atoms with E-state index in [1.54, 1.807) is 19.0 Å². The number of hydrogen-bond acceptors (Lipinski definition) is 4.